The zero-order chi connectivity index (χ0) is 19.8. The molecule has 1 amide bonds. The van der Waals surface area contributed by atoms with Crippen molar-refractivity contribution in [2.75, 3.05) is 5.32 Å². The monoisotopic (exact) mass is 374 g/mol. The fourth-order valence-electron chi connectivity index (χ4n) is 3.54. The third-order valence-corrected chi connectivity index (χ3v) is 5.05. The predicted octanol–water partition coefficient (Wildman–Crippen LogP) is 4.08. The van der Waals surface area contributed by atoms with Gasteiger partial charge in [-0.25, -0.2) is 9.50 Å². The number of amides is 1. The minimum absolute atomic E-state index is 0.0760. The van der Waals surface area contributed by atoms with Gasteiger partial charge in [0.25, 0.3) is 0 Å². The number of aromatic nitrogens is 3. The molecule has 2 aromatic carbocycles. The van der Waals surface area contributed by atoms with E-state index < -0.39 is 0 Å². The van der Waals surface area contributed by atoms with Gasteiger partial charge in [0.15, 0.2) is 5.65 Å². The number of fused-ring (bicyclic) bond motifs is 3. The number of hydrogen-bond donors (Lipinski definition) is 2. The van der Waals surface area contributed by atoms with Gasteiger partial charge < -0.3 is 10.4 Å². The van der Waals surface area contributed by atoms with E-state index in [1.807, 2.05) is 55.6 Å². The smallest absolute Gasteiger partial charge is 0.224 e. The van der Waals surface area contributed by atoms with E-state index in [0.717, 1.165) is 39.1 Å². The summed E-state index contributed by atoms with van der Waals surface area (Å²) in [5, 5.41) is 18.4. The van der Waals surface area contributed by atoms with Gasteiger partial charge in [0.1, 0.15) is 5.75 Å². The second-order valence-corrected chi connectivity index (χ2v) is 7.08. The van der Waals surface area contributed by atoms with Crippen molar-refractivity contribution in [1.29, 1.82) is 0 Å². The average molecular weight is 374 g/mol. The number of nitrogens with one attached hydrogen (secondary N) is 1. The summed E-state index contributed by atoms with van der Waals surface area (Å²) >= 11 is 0. The lowest BCUT2D eigenvalue weighted by Gasteiger charge is -2.12. The number of carbonyl (C=O) groups excluding carboxylic acids is 1. The number of phenols is 1. The van der Waals surface area contributed by atoms with Gasteiger partial charge >= 0.3 is 0 Å². The largest absolute Gasteiger partial charge is 0.506 e. The molecule has 6 heteroatoms. The molecule has 4 rings (SSSR count). The molecule has 28 heavy (non-hydrogen) atoms. The van der Waals surface area contributed by atoms with Crippen LogP contribution in [0, 0.1) is 20.8 Å². The van der Waals surface area contributed by atoms with Gasteiger partial charge in [0.2, 0.25) is 5.91 Å². The van der Waals surface area contributed by atoms with Crippen molar-refractivity contribution >= 4 is 28.1 Å². The maximum atomic E-state index is 12.4. The Hall–Kier alpha value is -3.41. The highest BCUT2D eigenvalue weighted by Gasteiger charge is 2.15. The van der Waals surface area contributed by atoms with Gasteiger partial charge in [-0.15, -0.1) is 0 Å². The van der Waals surface area contributed by atoms with E-state index in [9.17, 15) is 9.90 Å². The number of anilines is 1. The van der Waals surface area contributed by atoms with Crippen LogP contribution in [-0.4, -0.2) is 25.6 Å². The molecular weight excluding hydrogens is 352 g/mol. The Bertz CT molecular complexity index is 1210. The van der Waals surface area contributed by atoms with Crippen LogP contribution in [0.5, 0.6) is 5.75 Å². The number of rotatable bonds is 4. The van der Waals surface area contributed by atoms with Crippen LogP contribution in [-0.2, 0) is 11.2 Å². The number of phenolic OH excluding ortho intramolecular Hbond substituents is 1. The molecule has 0 atom stereocenters. The summed E-state index contributed by atoms with van der Waals surface area (Å²) < 4.78 is 1.86. The molecule has 0 bridgehead atoms. The molecule has 0 spiro atoms. The lowest BCUT2D eigenvalue weighted by molar-refractivity contribution is -0.116. The number of benzene rings is 2. The van der Waals surface area contributed by atoms with Crippen LogP contribution in [0.4, 0.5) is 5.69 Å². The van der Waals surface area contributed by atoms with E-state index in [0.29, 0.717) is 18.5 Å². The Balaban J connectivity index is 1.57. The highest BCUT2D eigenvalue weighted by Crippen LogP contribution is 2.25. The first kappa shape index (κ1) is 18.0. The van der Waals surface area contributed by atoms with Crippen LogP contribution in [0.15, 0.2) is 42.5 Å². The first-order valence-corrected chi connectivity index (χ1v) is 9.27. The molecule has 0 aliphatic heterocycles. The molecule has 2 heterocycles. The Labute approximate surface area is 162 Å². The quantitative estimate of drug-likeness (QED) is 0.528. The maximum Gasteiger partial charge on any atom is 0.224 e. The standard InChI is InChI=1S/C22H22N4O2/c1-13-8-10-19(20(27)12-13)24-21(28)11-9-16-14(2)23-22-17-6-4-5-7-18(17)25-26(22)15(16)3/h4-8,10,12,27H,9,11H2,1-3H3,(H,24,28). The number of aromatic hydroxyl groups is 1. The van der Waals surface area contributed by atoms with Crippen LogP contribution < -0.4 is 5.32 Å². The molecule has 0 fully saturated rings. The molecule has 2 N–H and O–H groups in total. The third-order valence-electron chi connectivity index (χ3n) is 5.05. The maximum absolute atomic E-state index is 12.4. The molecule has 0 aliphatic carbocycles. The Morgan fingerprint density at radius 2 is 1.93 bits per heavy atom. The van der Waals surface area contributed by atoms with Crippen molar-refractivity contribution in [3.8, 4) is 5.75 Å². The Morgan fingerprint density at radius 3 is 2.71 bits per heavy atom. The van der Waals surface area contributed by atoms with Crippen molar-refractivity contribution in [3.05, 3.63) is 65.0 Å². The molecular formula is C22H22N4O2. The zero-order valence-corrected chi connectivity index (χ0v) is 16.2. The highest BCUT2D eigenvalue weighted by molar-refractivity contribution is 5.93. The molecule has 2 aromatic heterocycles. The molecule has 4 aromatic rings. The van der Waals surface area contributed by atoms with Crippen LogP contribution in [0.3, 0.4) is 0 Å². The number of nitrogens with zero attached hydrogens (tertiary/aromatic N) is 3. The number of carbonyl (C=O) groups is 1. The van der Waals surface area contributed by atoms with Crippen LogP contribution >= 0.6 is 0 Å². The number of hydrogen-bond acceptors (Lipinski definition) is 4. The van der Waals surface area contributed by atoms with Crippen molar-refractivity contribution in [2.45, 2.75) is 33.6 Å². The topological polar surface area (TPSA) is 79.5 Å². The molecule has 0 saturated carbocycles. The fourth-order valence-corrected chi connectivity index (χ4v) is 3.54. The molecule has 142 valence electrons. The summed E-state index contributed by atoms with van der Waals surface area (Å²) in [6.45, 7) is 5.86. The van der Waals surface area contributed by atoms with Crippen molar-refractivity contribution in [1.82, 2.24) is 14.6 Å². The average Bonchev–Trinajstić information content (AvgIpc) is 3.03. The minimum atomic E-state index is -0.149. The zero-order valence-electron chi connectivity index (χ0n) is 16.2. The molecule has 0 radical (unpaired) electrons. The van der Waals surface area contributed by atoms with Gasteiger partial charge in [-0.05, 0) is 62.6 Å². The highest BCUT2D eigenvalue weighted by atomic mass is 16.3. The Kier molecular flexibility index (Phi) is 4.47. The van der Waals surface area contributed by atoms with Crippen molar-refractivity contribution < 1.29 is 9.90 Å². The molecule has 0 saturated heterocycles. The van der Waals surface area contributed by atoms with Crippen molar-refractivity contribution in [2.24, 2.45) is 0 Å². The lowest BCUT2D eigenvalue weighted by Crippen LogP contribution is -2.14. The summed E-state index contributed by atoms with van der Waals surface area (Å²) in [7, 11) is 0. The van der Waals surface area contributed by atoms with Gasteiger partial charge in [0.05, 0.1) is 11.2 Å². The van der Waals surface area contributed by atoms with Gasteiger partial charge in [-0.1, -0.05) is 18.2 Å². The van der Waals surface area contributed by atoms with E-state index >= 15 is 0 Å². The summed E-state index contributed by atoms with van der Waals surface area (Å²) in [4.78, 5) is 17.1. The van der Waals surface area contributed by atoms with Crippen LogP contribution in [0.1, 0.15) is 28.9 Å². The van der Waals surface area contributed by atoms with E-state index in [2.05, 4.69) is 10.4 Å². The molecule has 0 aliphatic rings. The van der Waals surface area contributed by atoms with Gasteiger partial charge in [-0.2, -0.15) is 5.10 Å². The van der Waals surface area contributed by atoms with E-state index in [-0.39, 0.29) is 11.7 Å². The molecule has 0 unspecified atom stereocenters. The van der Waals surface area contributed by atoms with Crippen LogP contribution in [0.2, 0.25) is 0 Å². The second kappa shape index (κ2) is 6.96. The van der Waals surface area contributed by atoms with E-state index in [1.165, 1.54) is 0 Å². The second-order valence-electron chi connectivity index (χ2n) is 7.08. The number of aryl methyl sites for hydroxylation is 3. The Morgan fingerprint density at radius 1 is 1.14 bits per heavy atom. The third kappa shape index (κ3) is 3.17. The SMILES string of the molecule is Cc1ccc(NC(=O)CCc2c(C)nc3c4ccccc4nn3c2C)c(O)c1. The minimum Gasteiger partial charge on any atom is -0.506 e. The fraction of sp³-hybridized carbons (Fsp3) is 0.227. The van der Waals surface area contributed by atoms with Crippen molar-refractivity contribution in [3.63, 3.8) is 0 Å². The van der Waals surface area contributed by atoms with Crippen LogP contribution in [0.25, 0.3) is 16.6 Å². The summed E-state index contributed by atoms with van der Waals surface area (Å²) in [5.74, 6) is -0.0734. The normalized spacial score (nSPS) is 11.2. The van der Waals surface area contributed by atoms with Gasteiger partial charge in [-0.3, -0.25) is 4.79 Å². The first-order valence-electron chi connectivity index (χ1n) is 9.27. The summed E-state index contributed by atoms with van der Waals surface area (Å²) in [5.41, 5.74) is 6.02. The van der Waals surface area contributed by atoms with E-state index in [1.54, 1.807) is 12.1 Å². The summed E-state index contributed by atoms with van der Waals surface area (Å²) in [6, 6.07) is 13.1. The first-order chi connectivity index (χ1) is 13.4. The molecule has 6 nitrogen and oxygen atoms in total. The predicted molar refractivity (Wildman–Crippen MR) is 110 cm³/mol. The van der Waals surface area contributed by atoms with Gasteiger partial charge in [0, 0.05) is 23.2 Å². The van der Waals surface area contributed by atoms with E-state index in [4.69, 9.17) is 4.98 Å². The lowest BCUT2D eigenvalue weighted by atomic mass is 10.1. The summed E-state index contributed by atoms with van der Waals surface area (Å²) in [6.07, 6.45) is 0.845.